The van der Waals surface area contributed by atoms with Gasteiger partial charge in [-0.1, -0.05) is 48.5 Å². The highest BCUT2D eigenvalue weighted by Crippen LogP contribution is 2.43. The third-order valence-electron chi connectivity index (χ3n) is 10.6. The number of hydrogen-bond acceptors (Lipinski definition) is 7. The highest BCUT2D eigenvalue weighted by Gasteiger charge is 2.38. The third-order valence-corrected chi connectivity index (χ3v) is 10.6. The highest BCUT2D eigenvalue weighted by atomic mass is 16.6. The van der Waals surface area contributed by atoms with Crippen LogP contribution in [0.15, 0.2) is 79.0 Å². The maximum absolute atomic E-state index is 13.1. The summed E-state index contributed by atoms with van der Waals surface area (Å²) in [7, 11) is 1.64. The summed E-state index contributed by atoms with van der Waals surface area (Å²) in [5.41, 5.74) is 7.65. The van der Waals surface area contributed by atoms with Crippen LogP contribution in [0.3, 0.4) is 0 Å². The number of aromatic amines is 2. The van der Waals surface area contributed by atoms with Crippen molar-refractivity contribution in [1.82, 2.24) is 29.7 Å². The van der Waals surface area contributed by atoms with Gasteiger partial charge in [-0.2, -0.15) is 0 Å². The monoisotopic (exact) mass is 698 g/mol. The molecule has 3 N–H and O–H groups in total. The van der Waals surface area contributed by atoms with E-state index < -0.39 is 6.09 Å². The average Bonchev–Trinajstić information content (AvgIpc) is 3.99. The first-order valence-corrected chi connectivity index (χ1v) is 17.7. The molecule has 9 rings (SSSR count). The number of ether oxygens (including phenoxy) is 3. The zero-order valence-corrected chi connectivity index (χ0v) is 28.7. The Labute approximate surface area is 299 Å². The van der Waals surface area contributed by atoms with Crippen molar-refractivity contribution < 1.29 is 28.9 Å². The summed E-state index contributed by atoms with van der Waals surface area (Å²) in [5.74, 6) is 2.32. The van der Waals surface area contributed by atoms with Gasteiger partial charge in [0.25, 0.3) is 0 Å². The predicted octanol–water partition coefficient (Wildman–Crippen LogP) is 7.83. The number of methoxy groups -OCH3 is 1. The normalized spacial score (nSPS) is 19.5. The molecular formula is C40H38N6O6. The number of hydrogen-bond donors (Lipinski definition) is 3. The van der Waals surface area contributed by atoms with E-state index >= 15 is 0 Å². The Morgan fingerprint density at radius 1 is 0.981 bits per heavy atom. The average molecular weight is 699 g/mol. The van der Waals surface area contributed by atoms with Crippen molar-refractivity contribution in [2.24, 2.45) is 5.92 Å². The topological polar surface area (TPSA) is 146 Å². The number of rotatable bonds is 7. The van der Waals surface area contributed by atoms with Crippen molar-refractivity contribution >= 4 is 34.0 Å². The van der Waals surface area contributed by atoms with Crippen LogP contribution in [-0.2, 0) is 22.7 Å². The number of carbonyl (C=O) groups is 2. The number of benzene rings is 4. The van der Waals surface area contributed by atoms with E-state index in [2.05, 4.69) is 51.4 Å². The molecule has 0 bridgehead atoms. The number of likely N-dealkylation sites (tertiary alicyclic amines) is 2. The standard InChI is InChI=1S/C40H38N6O6/c1-50-20-24-14-34(46(19-24)39(47)48)37-41-18-32(43-37)26-9-11-28-27(15-26)22-51-35-17-29-25(16-30(28)35)10-12-31-36(29)44-38(42-31)33-8-5-13-45(33)40(49)52-21-23-6-3-2-4-7-23/h2-4,6-7,9-12,15-18,24,33-34H,5,8,13-14,19-22H2,1H3,(H,41,43)(H,42,44)(H,47,48)/t24-,33-,34-/m0/s1. The number of H-pyrrole nitrogens is 2. The van der Waals surface area contributed by atoms with E-state index in [0.717, 1.165) is 79.7 Å². The number of aromatic nitrogens is 4. The lowest BCUT2D eigenvalue weighted by Gasteiger charge is -2.22. The molecule has 2 amide bonds. The minimum absolute atomic E-state index is 0.127. The van der Waals surface area contributed by atoms with E-state index in [1.807, 2.05) is 36.4 Å². The van der Waals surface area contributed by atoms with Crippen LogP contribution in [0.1, 0.15) is 54.1 Å². The van der Waals surface area contributed by atoms with Crippen molar-refractivity contribution in [2.75, 3.05) is 26.8 Å². The van der Waals surface area contributed by atoms with E-state index in [1.54, 1.807) is 18.2 Å². The summed E-state index contributed by atoms with van der Waals surface area (Å²) in [6.07, 6.45) is 2.84. The fourth-order valence-electron chi connectivity index (χ4n) is 8.11. The quantitative estimate of drug-likeness (QED) is 0.153. The van der Waals surface area contributed by atoms with Crippen LogP contribution >= 0.6 is 0 Å². The molecule has 264 valence electrons. The van der Waals surface area contributed by atoms with Crippen molar-refractivity contribution in [1.29, 1.82) is 0 Å². The van der Waals surface area contributed by atoms with Crippen LogP contribution in [0.5, 0.6) is 5.75 Å². The van der Waals surface area contributed by atoms with E-state index in [-0.39, 0.29) is 30.7 Å². The van der Waals surface area contributed by atoms with Crippen LogP contribution in [0.25, 0.3) is 44.2 Å². The summed E-state index contributed by atoms with van der Waals surface area (Å²) in [6.45, 7) is 2.20. The summed E-state index contributed by atoms with van der Waals surface area (Å²) in [4.78, 5) is 44.8. The molecule has 3 aliphatic heterocycles. The molecule has 52 heavy (non-hydrogen) atoms. The lowest BCUT2D eigenvalue weighted by molar-refractivity contribution is 0.0910. The Balaban J connectivity index is 0.966. The molecule has 3 atom stereocenters. The van der Waals surface area contributed by atoms with Gasteiger partial charge < -0.3 is 29.3 Å². The maximum Gasteiger partial charge on any atom is 0.410 e. The highest BCUT2D eigenvalue weighted by molar-refractivity contribution is 6.07. The molecule has 0 radical (unpaired) electrons. The smallest absolute Gasteiger partial charge is 0.410 e. The minimum Gasteiger partial charge on any atom is -0.488 e. The fraction of sp³-hybridized carbons (Fsp3) is 0.300. The number of carboxylic acid groups (broad SMARTS) is 1. The largest absolute Gasteiger partial charge is 0.488 e. The minimum atomic E-state index is -0.954. The lowest BCUT2D eigenvalue weighted by atomic mass is 9.92. The Morgan fingerprint density at radius 3 is 2.71 bits per heavy atom. The fourth-order valence-corrected chi connectivity index (χ4v) is 8.11. The van der Waals surface area contributed by atoms with E-state index in [4.69, 9.17) is 19.2 Å². The summed E-state index contributed by atoms with van der Waals surface area (Å²) >= 11 is 0. The van der Waals surface area contributed by atoms with Gasteiger partial charge in [-0.05, 0) is 71.2 Å². The zero-order chi connectivity index (χ0) is 35.3. The molecule has 4 aromatic carbocycles. The molecule has 0 spiro atoms. The maximum atomic E-state index is 13.1. The summed E-state index contributed by atoms with van der Waals surface area (Å²) < 4.78 is 17.3. The Morgan fingerprint density at radius 2 is 1.87 bits per heavy atom. The van der Waals surface area contributed by atoms with E-state index in [1.165, 1.54) is 4.90 Å². The second-order valence-corrected chi connectivity index (χ2v) is 13.9. The Hall–Kier alpha value is -5.88. The van der Waals surface area contributed by atoms with E-state index in [9.17, 15) is 14.7 Å². The molecule has 12 heteroatoms. The van der Waals surface area contributed by atoms with Gasteiger partial charge in [-0.25, -0.2) is 19.6 Å². The molecule has 2 saturated heterocycles. The van der Waals surface area contributed by atoms with Gasteiger partial charge in [0.1, 0.15) is 30.6 Å². The van der Waals surface area contributed by atoms with Crippen LogP contribution in [0, 0.1) is 5.92 Å². The Bertz CT molecular complexity index is 2320. The number of nitrogens with zero attached hydrogens (tertiary/aromatic N) is 4. The van der Waals surface area contributed by atoms with Gasteiger partial charge in [-0.15, -0.1) is 0 Å². The molecule has 5 heterocycles. The summed E-state index contributed by atoms with van der Waals surface area (Å²) in [6, 6.07) is 23.8. The molecular weight excluding hydrogens is 660 g/mol. The first kappa shape index (κ1) is 32.1. The van der Waals surface area contributed by atoms with Crippen LogP contribution in [0.2, 0.25) is 0 Å². The lowest BCUT2D eigenvalue weighted by Crippen LogP contribution is -2.31. The Kier molecular flexibility index (Phi) is 8.03. The molecule has 12 nitrogen and oxygen atoms in total. The number of imidazole rings is 2. The number of fused-ring (bicyclic) bond motifs is 6. The van der Waals surface area contributed by atoms with Gasteiger partial charge in [-0.3, -0.25) is 9.80 Å². The molecule has 6 aromatic rings. The van der Waals surface area contributed by atoms with Gasteiger partial charge in [0.15, 0.2) is 0 Å². The van der Waals surface area contributed by atoms with Gasteiger partial charge in [0, 0.05) is 37.1 Å². The predicted molar refractivity (Wildman–Crippen MR) is 194 cm³/mol. The first-order chi connectivity index (χ1) is 25.4. The zero-order valence-electron chi connectivity index (χ0n) is 28.7. The SMILES string of the molecule is COC[C@H]1C[C@@H](c2ncc(-c3ccc4c(c3)COc3cc5c(ccc6nc([C@@H]7CCCN7C(=O)OCc7ccccc7)[nH]c65)cc3-4)[nH]2)N(C(=O)O)C1. The number of amides is 2. The molecule has 0 aliphatic carbocycles. The third kappa shape index (κ3) is 5.69. The van der Waals surface area contributed by atoms with Crippen LogP contribution < -0.4 is 4.74 Å². The van der Waals surface area contributed by atoms with Crippen molar-refractivity contribution in [3.8, 4) is 28.1 Å². The summed E-state index contributed by atoms with van der Waals surface area (Å²) in [5, 5.41) is 11.9. The van der Waals surface area contributed by atoms with Crippen molar-refractivity contribution in [3.63, 3.8) is 0 Å². The second kappa shape index (κ2) is 13.0. The first-order valence-electron chi connectivity index (χ1n) is 17.7. The van der Waals surface area contributed by atoms with E-state index in [0.29, 0.717) is 38.5 Å². The molecule has 2 aromatic heterocycles. The molecule has 2 fully saturated rings. The van der Waals surface area contributed by atoms with Crippen molar-refractivity contribution in [2.45, 2.75) is 44.6 Å². The van der Waals surface area contributed by atoms with Crippen LogP contribution in [-0.4, -0.2) is 73.8 Å². The number of nitrogens with one attached hydrogen (secondary N) is 2. The molecule has 0 saturated carbocycles. The van der Waals surface area contributed by atoms with Gasteiger partial charge in [0.2, 0.25) is 0 Å². The van der Waals surface area contributed by atoms with Crippen molar-refractivity contribution in [3.05, 3.63) is 102 Å². The number of carbonyl (C=O) groups excluding carboxylic acids is 1. The van der Waals surface area contributed by atoms with Gasteiger partial charge >= 0.3 is 12.2 Å². The molecule has 3 aliphatic rings. The van der Waals surface area contributed by atoms with Crippen LogP contribution in [0.4, 0.5) is 9.59 Å². The second-order valence-electron chi connectivity index (χ2n) is 13.9. The van der Waals surface area contributed by atoms with Gasteiger partial charge in [0.05, 0.1) is 41.6 Å². The molecule has 0 unspecified atom stereocenters.